The van der Waals surface area contributed by atoms with Crippen molar-refractivity contribution in [2.45, 2.75) is 13.0 Å². The quantitative estimate of drug-likeness (QED) is 0.599. The second kappa shape index (κ2) is 5.55. The fraction of sp³-hybridized carbons (Fsp3) is 0.455. The molecule has 1 fully saturated rings. The van der Waals surface area contributed by atoms with Crippen molar-refractivity contribution in [2.75, 3.05) is 23.5 Å². The molecule has 20 heavy (non-hydrogen) atoms. The topological polar surface area (TPSA) is 105 Å². The molecule has 0 radical (unpaired) electrons. The first-order valence-corrected chi connectivity index (χ1v) is 8.17. The van der Waals surface area contributed by atoms with Crippen LogP contribution in [0.2, 0.25) is 5.02 Å². The predicted molar refractivity (Wildman–Crippen MR) is 76.2 cm³/mol. The van der Waals surface area contributed by atoms with Crippen LogP contribution in [0.5, 0.6) is 0 Å². The summed E-state index contributed by atoms with van der Waals surface area (Å²) in [6.07, 6.45) is 1.36. The summed E-state index contributed by atoms with van der Waals surface area (Å²) in [4.78, 5) is 17.8. The molecule has 7 nitrogen and oxygen atoms in total. The minimum Gasteiger partial charge on any atom is -0.334 e. The molecule has 1 saturated heterocycles. The van der Waals surface area contributed by atoms with Crippen molar-refractivity contribution in [3.8, 4) is 0 Å². The Morgan fingerprint density at radius 2 is 2.30 bits per heavy atom. The van der Waals surface area contributed by atoms with Crippen molar-refractivity contribution in [2.24, 2.45) is 5.84 Å². The summed E-state index contributed by atoms with van der Waals surface area (Å²) >= 11 is 5.92. The van der Waals surface area contributed by atoms with Crippen LogP contribution in [0.1, 0.15) is 17.3 Å². The van der Waals surface area contributed by atoms with Gasteiger partial charge < -0.3 is 10.3 Å². The number of amides is 1. The Kier molecular flexibility index (Phi) is 4.17. The van der Waals surface area contributed by atoms with Crippen molar-refractivity contribution in [1.82, 2.24) is 9.88 Å². The molecule has 0 spiro atoms. The SMILES string of the molecule is CC1CS(=O)(=O)CCN1C(=O)c1cnc(NN)c(Cl)c1. The molecule has 0 aliphatic carbocycles. The van der Waals surface area contributed by atoms with Crippen LogP contribution in [-0.2, 0) is 9.84 Å². The van der Waals surface area contributed by atoms with E-state index in [2.05, 4.69) is 10.4 Å². The zero-order chi connectivity index (χ0) is 14.9. The first-order chi connectivity index (χ1) is 9.34. The number of anilines is 1. The third-order valence-electron chi connectivity index (χ3n) is 3.16. The van der Waals surface area contributed by atoms with Crippen LogP contribution in [0.25, 0.3) is 0 Å². The Bertz CT molecular complexity index is 635. The fourth-order valence-corrected chi connectivity index (χ4v) is 3.90. The van der Waals surface area contributed by atoms with E-state index in [4.69, 9.17) is 17.4 Å². The molecule has 0 saturated carbocycles. The molecule has 1 aliphatic rings. The molecule has 2 heterocycles. The van der Waals surface area contributed by atoms with E-state index in [-0.39, 0.29) is 40.8 Å². The number of carbonyl (C=O) groups excluding carboxylic acids is 1. The lowest BCUT2D eigenvalue weighted by atomic mass is 10.2. The molecular formula is C11H15ClN4O3S. The summed E-state index contributed by atoms with van der Waals surface area (Å²) in [7, 11) is -3.06. The van der Waals surface area contributed by atoms with Crippen LogP contribution >= 0.6 is 11.6 Å². The number of halogens is 1. The van der Waals surface area contributed by atoms with Crippen molar-refractivity contribution in [1.29, 1.82) is 0 Å². The summed E-state index contributed by atoms with van der Waals surface area (Å²) in [5, 5.41) is 0.232. The highest BCUT2D eigenvalue weighted by molar-refractivity contribution is 7.91. The van der Waals surface area contributed by atoms with Gasteiger partial charge in [-0.15, -0.1) is 0 Å². The molecule has 9 heteroatoms. The van der Waals surface area contributed by atoms with E-state index in [1.807, 2.05) is 0 Å². The number of nitrogen functional groups attached to an aromatic ring is 1. The maximum absolute atomic E-state index is 12.4. The van der Waals surface area contributed by atoms with Gasteiger partial charge in [-0.05, 0) is 13.0 Å². The molecule has 1 atom stereocenters. The van der Waals surface area contributed by atoms with Gasteiger partial charge in [-0.2, -0.15) is 0 Å². The van der Waals surface area contributed by atoms with Crippen LogP contribution in [0.4, 0.5) is 5.82 Å². The first-order valence-electron chi connectivity index (χ1n) is 5.97. The van der Waals surface area contributed by atoms with E-state index in [9.17, 15) is 13.2 Å². The molecule has 1 amide bonds. The van der Waals surface area contributed by atoms with E-state index >= 15 is 0 Å². The number of nitrogens with two attached hydrogens (primary N) is 1. The number of nitrogens with one attached hydrogen (secondary N) is 1. The van der Waals surface area contributed by atoms with E-state index in [1.165, 1.54) is 17.2 Å². The van der Waals surface area contributed by atoms with Gasteiger partial charge in [0.05, 0.1) is 22.1 Å². The Morgan fingerprint density at radius 1 is 1.60 bits per heavy atom. The number of hydrogen-bond donors (Lipinski definition) is 2. The lowest BCUT2D eigenvalue weighted by Crippen LogP contribution is -2.49. The lowest BCUT2D eigenvalue weighted by Gasteiger charge is -2.33. The average Bonchev–Trinajstić information content (AvgIpc) is 2.37. The number of hydrazine groups is 1. The summed E-state index contributed by atoms with van der Waals surface area (Å²) in [6.45, 7) is 1.89. The zero-order valence-corrected chi connectivity index (χ0v) is 12.4. The van der Waals surface area contributed by atoms with Crippen molar-refractivity contribution in [3.63, 3.8) is 0 Å². The third kappa shape index (κ3) is 3.02. The monoisotopic (exact) mass is 318 g/mol. The van der Waals surface area contributed by atoms with Crippen molar-refractivity contribution < 1.29 is 13.2 Å². The minimum absolute atomic E-state index is 0.0212. The molecule has 110 valence electrons. The number of hydrogen-bond acceptors (Lipinski definition) is 6. The summed E-state index contributed by atoms with van der Waals surface area (Å²) in [5.41, 5.74) is 2.62. The average molecular weight is 319 g/mol. The van der Waals surface area contributed by atoms with Crippen LogP contribution in [-0.4, -0.2) is 48.3 Å². The van der Waals surface area contributed by atoms with Crippen LogP contribution < -0.4 is 11.3 Å². The molecule has 3 N–H and O–H groups in total. The second-order valence-electron chi connectivity index (χ2n) is 4.66. The van der Waals surface area contributed by atoms with Gasteiger partial charge in [-0.3, -0.25) is 4.79 Å². The standard InChI is InChI=1S/C11H15ClN4O3S/c1-7-6-20(18,19)3-2-16(7)11(17)8-4-9(12)10(15-13)14-5-8/h4-5,7H,2-3,6,13H2,1H3,(H,14,15). The van der Waals surface area contributed by atoms with E-state index in [1.54, 1.807) is 6.92 Å². The zero-order valence-electron chi connectivity index (χ0n) is 10.8. The van der Waals surface area contributed by atoms with Crippen LogP contribution in [0.3, 0.4) is 0 Å². The maximum Gasteiger partial charge on any atom is 0.255 e. The minimum atomic E-state index is -3.06. The highest BCUT2D eigenvalue weighted by Gasteiger charge is 2.31. The maximum atomic E-state index is 12.4. The highest BCUT2D eigenvalue weighted by atomic mass is 35.5. The largest absolute Gasteiger partial charge is 0.334 e. The molecule has 1 aromatic rings. The van der Waals surface area contributed by atoms with Gasteiger partial charge >= 0.3 is 0 Å². The number of nitrogens with zero attached hydrogens (tertiary/aromatic N) is 2. The van der Waals surface area contributed by atoms with Gasteiger partial charge in [0.15, 0.2) is 15.7 Å². The Hall–Kier alpha value is -1.38. The molecule has 2 rings (SSSR count). The van der Waals surface area contributed by atoms with Crippen LogP contribution in [0, 0.1) is 0 Å². The van der Waals surface area contributed by atoms with E-state index in [0.717, 1.165) is 0 Å². The summed E-state index contributed by atoms with van der Waals surface area (Å²) < 4.78 is 23.0. The number of sulfone groups is 1. The Balaban J connectivity index is 2.22. The molecule has 1 aliphatic heterocycles. The second-order valence-corrected chi connectivity index (χ2v) is 7.30. The number of rotatable bonds is 2. The first kappa shape index (κ1) is 15.0. The van der Waals surface area contributed by atoms with Gasteiger partial charge in [-0.1, -0.05) is 11.6 Å². The van der Waals surface area contributed by atoms with Gasteiger partial charge in [0.25, 0.3) is 5.91 Å². The van der Waals surface area contributed by atoms with Crippen molar-refractivity contribution >= 4 is 33.2 Å². The van der Waals surface area contributed by atoms with Crippen molar-refractivity contribution in [3.05, 3.63) is 22.8 Å². The molecule has 0 aromatic carbocycles. The van der Waals surface area contributed by atoms with E-state index in [0.29, 0.717) is 5.56 Å². The van der Waals surface area contributed by atoms with Gasteiger partial charge in [0, 0.05) is 18.8 Å². The molecular weight excluding hydrogens is 304 g/mol. The number of pyridine rings is 1. The fourth-order valence-electron chi connectivity index (χ4n) is 2.13. The van der Waals surface area contributed by atoms with Gasteiger partial charge in [0.1, 0.15) is 0 Å². The normalized spacial score (nSPS) is 21.6. The van der Waals surface area contributed by atoms with Gasteiger partial charge in [0.2, 0.25) is 0 Å². The number of aromatic nitrogens is 1. The number of carbonyl (C=O) groups is 1. The van der Waals surface area contributed by atoms with Gasteiger partial charge in [-0.25, -0.2) is 19.2 Å². The summed E-state index contributed by atoms with van der Waals surface area (Å²) in [5.74, 6) is 5.15. The Labute approximate surface area is 122 Å². The Morgan fingerprint density at radius 3 is 2.85 bits per heavy atom. The van der Waals surface area contributed by atoms with Crippen LogP contribution in [0.15, 0.2) is 12.3 Å². The van der Waals surface area contributed by atoms with E-state index < -0.39 is 9.84 Å². The molecule has 1 unspecified atom stereocenters. The molecule has 0 bridgehead atoms. The third-order valence-corrected chi connectivity index (χ3v) is 5.24. The predicted octanol–water partition coefficient (Wildman–Crippen LogP) is 0.280. The molecule has 1 aromatic heterocycles. The lowest BCUT2D eigenvalue weighted by molar-refractivity contribution is 0.0712. The smallest absolute Gasteiger partial charge is 0.255 e. The summed E-state index contributed by atoms with van der Waals surface area (Å²) in [6, 6.07) is 1.09. The highest BCUT2D eigenvalue weighted by Crippen LogP contribution is 2.21.